The molecule has 0 spiro atoms. The molecule has 2 rings (SSSR count). The van der Waals surface area contributed by atoms with Crippen LogP contribution in [0.4, 0.5) is 0 Å². The summed E-state index contributed by atoms with van der Waals surface area (Å²) in [7, 11) is 0. The lowest BCUT2D eigenvalue weighted by Crippen LogP contribution is -2.38. The van der Waals surface area contributed by atoms with E-state index in [1.165, 1.54) is 25.7 Å². The van der Waals surface area contributed by atoms with Crippen molar-refractivity contribution in [2.75, 3.05) is 6.61 Å². The average Bonchev–Trinajstić information content (AvgIpc) is 2.96. The van der Waals surface area contributed by atoms with E-state index < -0.39 is 12.0 Å². The highest BCUT2D eigenvalue weighted by Gasteiger charge is 2.19. The molecule has 0 heterocycles. The second kappa shape index (κ2) is 8.02. The van der Waals surface area contributed by atoms with Crippen molar-refractivity contribution in [2.45, 2.75) is 44.6 Å². The van der Waals surface area contributed by atoms with Crippen LogP contribution in [-0.2, 0) is 16.1 Å². The number of nitrogens with one attached hydrogen (secondary N) is 1. The van der Waals surface area contributed by atoms with Gasteiger partial charge >= 0.3 is 5.97 Å². The molecule has 1 aliphatic carbocycles. The molecular weight excluding hydrogens is 254 g/mol. The highest BCUT2D eigenvalue weighted by molar-refractivity contribution is 5.73. The normalized spacial score (nSPS) is 17.2. The molecule has 1 saturated carbocycles. The summed E-state index contributed by atoms with van der Waals surface area (Å²) in [5.74, 6) is -0.121. The zero-order valence-electron chi connectivity index (χ0n) is 11.8. The Morgan fingerprint density at radius 1 is 1.30 bits per heavy atom. The Kier molecular flexibility index (Phi) is 6.02. The van der Waals surface area contributed by atoms with E-state index in [2.05, 4.69) is 5.48 Å². The molecule has 4 heteroatoms. The van der Waals surface area contributed by atoms with E-state index >= 15 is 0 Å². The lowest BCUT2D eigenvalue weighted by Gasteiger charge is -2.15. The topological polar surface area (TPSA) is 58.6 Å². The molecule has 1 aromatic rings. The Bertz CT molecular complexity index is 401. The van der Waals surface area contributed by atoms with Gasteiger partial charge in [-0.3, -0.25) is 4.79 Å². The van der Waals surface area contributed by atoms with Gasteiger partial charge in [-0.15, -0.1) is 0 Å². The summed E-state index contributed by atoms with van der Waals surface area (Å²) < 4.78 is 0. The van der Waals surface area contributed by atoms with Crippen molar-refractivity contribution in [3.63, 3.8) is 0 Å². The number of carboxylic acids is 1. The standard InChI is InChI=1S/C16H23NO3/c18-16(19)15(12-14-8-2-1-3-9-14)17-20-11-10-13-6-4-5-7-13/h1-3,8-9,13,15,17H,4-7,10-12H2,(H,18,19)/t15-/m0/s1. The Morgan fingerprint density at radius 2 is 2.00 bits per heavy atom. The number of hydrogen-bond acceptors (Lipinski definition) is 3. The van der Waals surface area contributed by atoms with Gasteiger partial charge in [-0.2, -0.15) is 5.48 Å². The van der Waals surface area contributed by atoms with Crippen LogP contribution in [0.2, 0.25) is 0 Å². The van der Waals surface area contributed by atoms with Crippen molar-refractivity contribution in [1.29, 1.82) is 0 Å². The first-order valence-corrected chi connectivity index (χ1v) is 7.40. The van der Waals surface area contributed by atoms with Gasteiger partial charge in [0.05, 0.1) is 6.61 Å². The third-order valence-electron chi connectivity index (χ3n) is 3.91. The summed E-state index contributed by atoms with van der Waals surface area (Å²) in [6, 6.07) is 8.91. The van der Waals surface area contributed by atoms with Crippen molar-refractivity contribution in [2.24, 2.45) is 5.92 Å². The molecule has 20 heavy (non-hydrogen) atoms. The zero-order valence-corrected chi connectivity index (χ0v) is 11.8. The molecule has 1 aliphatic rings. The van der Waals surface area contributed by atoms with E-state index in [4.69, 9.17) is 4.84 Å². The molecule has 0 amide bonds. The summed E-state index contributed by atoms with van der Waals surface area (Å²) in [6.45, 7) is 0.587. The Hall–Kier alpha value is -1.39. The number of aliphatic carboxylic acids is 1. The fourth-order valence-corrected chi connectivity index (χ4v) is 2.71. The molecule has 110 valence electrons. The molecule has 0 saturated heterocycles. The summed E-state index contributed by atoms with van der Waals surface area (Å²) in [5, 5.41) is 9.20. The fourth-order valence-electron chi connectivity index (χ4n) is 2.71. The van der Waals surface area contributed by atoms with E-state index in [-0.39, 0.29) is 0 Å². The average molecular weight is 277 g/mol. The maximum atomic E-state index is 11.2. The molecule has 0 radical (unpaired) electrons. The molecule has 1 aromatic carbocycles. The Labute approximate surface area is 120 Å². The number of hydroxylamine groups is 1. The largest absolute Gasteiger partial charge is 0.480 e. The molecule has 0 bridgehead atoms. The smallest absolute Gasteiger partial charge is 0.323 e. The van der Waals surface area contributed by atoms with Crippen LogP contribution in [-0.4, -0.2) is 23.7 Å². The molecule has 0 aliphatic heterocycles. The molecule has 1 fully saturated rings. The van der Waals surface area contributed by atoms with E-state index in [0.717, 1.165) is 17.9 Å². The summed E-state index contributed by atoms with van der Waals surface area (Å²) in [6.07, 6.45) is 6.67. The first kappa shape index (κ1) is 15.0. The van der Waals surface area contributed by atoms with Crippen LogP contribution >= 0.6 is 0 Å². The molecule has 0 aromatic heterocycles. The third kappa shape index (κ3) is 4.94. The van der Waals surface area contributed by atoms with Gasteiger partial charge in [0.1, 0.15) is 6.04 Å². The van der Waals surface area contributed by atoms with Gasteiger partial charge in [-0.1, -0.05) is 56.0 Å². The zero-order chi connectivity index (χ0) is 14.2. The number of benzene rings is 1. The van der Waals surface area contributed by atoms with Gasteiger partial charge < -0.3 is 9.94 Å². The van der Waals surface area contributed by atoms with Gasteiger partial charge in [0.25, 0.3) is 0 Å². The molecule has 2 N–H and O–H groups in total. The predicted molar refractivity (Wildman–Crippen MR) is 77.2 cm³/mol. The van der Waals surface area contributed by atoms with Gasteiger partial charge in [0.2, 0.25) is 0 Å². The minimum Gasteiger partial charge on any atom is -0.480 e. The highest BCUT2D eigenvalue weighted by Crippen LogP contribution is 2.27. The highest BCUT2D eigenvalue weighted by atomic mass is 16.6. The van der Waals surface area contributed by atoms with Gasteiger partial charge in [-0.25, -0.2) is 0 Å². The van der Waals surface area contributed by atoms with Gasteiger partial charge in [0, 0.05) is 6.42 Å². The van der Waals surface area contributed by atoms with Crippen LogP contribution in [0.15, 0.2) is 30.3 Å². The lowest BCUT2D eigenvalue weighted by atomic mass is 10.1. The van der Waals surface area contributed by atoms with E-state index in [1.54, 1.807) is 0 Å². The fraction of sp³-hybridized carbons (Fsp3) is 0.562. The predicted octanol–water partition coefficient (Wildman–Crippen LogP) is 2.78. The summed E-state index contributed by atoms with van der Waals surface area (Å²) in [5.41, 5.74) is 3.68. The maximum absolute atomic E-state index is 11.2. The molecule has 0 unspecified atom stereocenters. The Balaban J connectivity index is 1.70. The van der Waals surface area contributed by atoms with E-state index in [0.29, 0.717) is 13.0 Å². The quantitative estimate of drug-likeness (QED) is 0.566. The minimum absolute atomic E-state index is 0.430. The summed E-state index contributed by atoms with van der Waals surface area (Å²) >= 11 is 0. The van der Waals surface area contributed by atoms with Crippen LogP contribution in [0.5, 0.6) is 0 Å². The second-order valence-electron chi connectivity index (χ2n) is 5.49. The number of rotatable bonds is 8. The molecular formula is C16H23NO3. The number of carboxylic acid groups (broad SMARTS) is 1. The Morgan fingerprint density at radius 3 is 2.65 bits per heavy atom. The third-order valence-corrected chi connectivity index (χ3v) is 3.91. The number of carbonyl (C=O) groups is 1. The van der Waals surface area contributed by atoms with Crippen molar-refractivity contribution < 1.29 is 14.7 Å². The molecule has 4 nitrogen and oxygen atoms in total. The van der Waals surface area contributed by atoms with E-state index in [1.807, 2.05) is 30.3 Å². The second-order valence-corrected chi connectivity index (χ2v) is 5.49. The SMILES string of the molecule is O=C(O)[C@H](Cc1ccccc1)NOCCC1CCCC1. The minimum atomic E-state index is -0.880. The van der Waals surface area contributed by atoms with Crippen molar-refractivity contribution >= 4 is 5.97 Å². The first-order valence-electron chi connectivity index (χ1n) is 7.40. The van der Waals surface area contributed by atoms with Crippen LogP contribution in [0.25, 0.3) is 0 Å². The maximum Gasteiger partial charge on any atom is 0.323 e. The van der Waals surface area contributed by atoms with Crippen LogP contribution in [0, 0.1) is 5.92 Å². The van der Waals surface area contributed by atoms with Crippen LogP contribution in [0.1, 0.15) is 37.7 Å². The van der Waals surface area contributed by atoms with Gasteiger partial charge in [-0.05, 0) is 17.9 Å². The van der Waals surface area contributed by atoms with E-state index in [9.17, 15) is 9.90 Å². The lowest BCUT2D eigenvalue weighted by molar-refractivity contribution is -0.144. The van der Waals surface area contributed by atoms with Crippen molar-refractivity contribution in [3.05, 3.63) is 35.9 Å². The van der Waals surface area contributed by atoms with Gasteiger partial charge in [0.15, 0.2) is 0 Å². The number of hydrogen-bond donors (Lipinski definition) is 2. The molecule has 1 atom stereocenters. The summed E-state index contributed by atoms with van der Waals surface area (Å²) in [4.78, 5) is 16.6. The van der Waals surface area contributed by atoms with Crippen LogP contribution in [0.3, 0.4) is 0 Å². The van der Waals surface area contributed by atoms with Crippen LogP contribution < -0.4 is 5.48 Å². The monoisotopic (exact) mass is 277 g/mol. The first-order chi connectivity index (χ1) is 9.75. The van der Waals surface area contributed by atoms with Crippen molar-refractivity contribution in [3.8, 4) is 0 Å². The van der Waals surface area contributed by atoms with Crippen molar-refractivity contribution in [1.82, 2.24) is 5.48 Å².